The SMILES string of the molecule is CC1(C(=O)Nc2ccc(Cl)c(Cl)c2)Oc2ccc(Cl)cc2NC1=O. The summed E-state index contributed by atoms with van der Waals surface area (Å²) in [6.45, 7) is 1.38. The maximum Gasteiger partial charge on any atom is 0.278 e. The molecule has 0 saturated heterocycles. The molecular formula is C16H11Cl3N2O3. The number of carbonyl (C=O) groups is 2. The summed E-state index contributed by atoms with van der Waals surface area (Å²) in [4.78, 5) is 24.9. The Labute approximate surface area is 152 Å². The molecule has 1 heterocycles. The number of ether oxygens (including phenoxy) is 1. The summed E-state index contributed by atoms with van der Waals surface area (Å²) < 4.78 is 5.63. The third-order valence-corrected chi connectivity index (χ3v) is 4.52. The van der Waals surface area contributed by atoms with Crippen LogP contribution in [0.15, 0.2) is 36.4 Å². The van der Waals surface area contributed by atoms with Crippen LogP contribution in [-0.4, -0.2) is 17.4 Å². The van der Waals surface area contributed by atoms with Gasteiger partial charge in [-0.05, 0) is 43.3 Å². The Morgan fingerprint density at radius 3 is 2.58 bits per heavy atom. The van der Waals surface area contributed by atoms with Crippen molar-refractivity contribution in [1.82, 2.24) is 0 Å². The van der Waals surface area contributed by atoms with Crippen molar-refractivity contribution >= 4 is 58.0 Å². The molecule has 0 aromatic heterocycles. The van der Waals surface area contributed by atoms with Crippen LogP contribution in [0.1, 0.15) is 6.92 Å². The number of hydrogen-bond acceptors (Lipinski definition) is 3. The maximum atomic E-state index is 12.6. The van der Waals surface area contributed by atoms with Crippen molar-refractivity contribution in [3.8, 4) is 5.75 Å². The fraction of sp³-hybridized carbons (Fsp3) is 0.125. The molecule has 2 amide bonds. The Kier molecular flexibility index (Phi) is 4.34. The topological polar surface area (TPSA) is 67.4 Å². The fourth-order valence-corrected chi connectivity index (χ4v) is 2.64. The molecule has 124 valence electrons. The second kappa shape index (κ2) is 6.16. The van der Waals surface area contributed by atoms with E-state index in [1.165, 1.54) is 13.0 Å². The molecule has 2 aromatic carbocycles. The molecule has 1 atom stereocenters. The molecule has 0 bridgehead atoms. The van der Waals surface area contributed by atoms with Gasteiger partial charge in [-0.25, -0.2) is 0 Å². The standard InChI is InChI=1S/C16H11Cl3N2O3/c1-16(14(22)20-9-3-4-10(18)11(19)7-9)15(23)21-12-6-8(17)2-5-13(12)24-16/h2-7H,1H3,(H,20,22)(H,21,23). The number of halogens is 3. The van der Waals surface area contributed by atoms with Crippen LogP contribution in [0.25, 0.3) is 0 Å². The van der Waals surface area contributed by atoms with Gasteiger partial charge in [-0.3, -0.25) is 9.59 Å². The Balaban J connectivity index is 1.87. The van der Waals surface area contributed by atoms with Gasteiger partial charge in [-0.2, -0.15) is 0 Å². The van der Waals surface area contributed by atoms with Crippen LogP contribution in [0.4, 0.5) is 11.4 Å². The highest BCUT2D eigenvalue weighted by Crippen LogP contribution is 2.36. The van der Waals surface area contributed by atoms with Gasteiger partial charge in [0.2, 0.25) is 0 Å². The van der Waals surface area contributed by atoms with Gasteiger partial charge in [0.1, 0.15) is 5.75 Å². The van der Waals surface area contributed by atoms with E-state index in [4.69, 9.17) is 39.5 Å². The quantitative estimate of drug-likeness (QED) is 0.754. The molecule has 0 fully saturated rings. The molecule has 0 radical (unpaired) electrons. The van der Waals surface area contributed by atoms with Crippen molar-refractivity contribution in [2.24, 2.45) is 0 Å². The second-order valence-electron chi connectivity index (χ2n) is 5.31. The van der Waals surface area contributed by atoms with Gasteiger partial charge >= 0.3 is 0 Å². The lowest BCUT2D eigenvalue weighted by atomic mass is 10.0. The number of fused-ring (bicyclic) bond motifs is 1. The highest BCUT2D eigenvalue weighted by atomic mass is 35.5. The smallest absolute Gasteiger partial charge is 0.278 e. The normalized spacial score (nSPS) is 19.1. The molecule has 3 rings (SSSR count). The van der Waals surface area contributed by atoms with Crippen LogP contribution in [0.3, 0.4) is 0 Å². The molecule has 1 aliphatic heterocycles. The summed E-state index contributed by atoms with van der Waals surface area (Å²) >= 11 is 17.6. The van der Waals surface area contributed by atoms with Gasteiger partial charge in [0, 0.05) is 10.7 Å². The van der Waals surface area contributed by atoms with Crippen molar-refractivity contribution < 1.29 is 14.3 Å². The van der Waals surface area contributed by atoms with Gasteiger partial charge in [0.25, 0.3) is 17.4 Å². The minimum absolute atomic E-state index is 0.286. The predicted molar refractivity (Wildman–Crippen MR) is 94.2 cm³/mol. The Hall–Kier alpha value is -1.95. The van der Waals surface area contributed by atoms with Crippen LogP contribution in [0, 0.1) is 0 Å². The first kappa shape index (κ1) is 16.9. The minimum Gasteiger partial charge on any atom is -0.466 e. The average Bonchev–Trinajstić information content (AvgIpc) is 2.52. The molecule has 1 unspecified atom stereocenters. The lowest BCUT2D eigenvalue weighted by molar-refractivity contribution is -0.143. The van der Waals surface area contributed by atoms with Crippen LogP contribution in [0.5, 0.6) is 5.75 Å². The molecular weight excluding hydrogens is 375 g/mol. The third-order valence-electron chi connectivity index (χ3n) is 3.55. The predicted octanol–water partition coefficient (Wildman–Crippen LogP) is 4.38. The van der Waals surface area contributed by atoms with Crippen molar-refractivity contribution in [2.45, 2.75) is 12.5 Å². The van der Waals surface area contributed by atoms with Gasteiger partial charge in [-0.15, -0.1) is 0 Å². The van der Waals surface area contributed by atoms with E-state index in [0.29, 0.717) is 27.2 Å². The Bertz CT molecular complexity index is 856. The summed E-state index contributed by atoms with van der Waals surface area (Å²) in [7, 11) is 0. The van der Waals surface area contributed by atoms with E-state index in [2.05, 4.69) is 10.6 Å². The van der Waals surface area contributed by atoms with Crippen LogP contribution in [0.2, 0.25) is 15.1 Å². The first-order valence-corrected chi connectivity index (χ1v) is 7.99. The van der Waals surface area contributed by atoms with E-state index >= 15 is 0 Å². The summed E-state index contributed by atoms with van der Waals surface area (Å²) in [6.07, 6.45) is 0. The molecule has 8 heteroatoms. The summed E-state index contributed by atoms with van der Waals surface area (Å²) in [6, 6.07) is 9.34. The van der Waals surface area contributed by atoms with Crippen molar-refractivity contribution in [1.29, 1.82) is 0 Å². The third kappa shape index (κ3) is 3.02. The highest BCUT2D eigenvalue weighted by molar-refractivity contribution is 6.42. The number of nitrogens with one attached hydrogen (secondary N) is 2. The zero-order valence-electron chi connectivity index (χ0n) is 12.3. The number of anilines is 2. The highest BCUT2D eigenvalue weighted by Gasteiger charge is 2.47. The zero-order chi connectivity index (χ0) is 17.5. The fourth-order valence-electron chi connectivity index (χ4n) is 2.17. The monoisotopic (exact) mass is 384 g/mol. The van der Waals surface area contributed by atoms with Gasteiger partial charge in [-0.1, -0.05) is 34.8 Å². The Morgan fingerprint density at radius 1 is 1.12 bits per heavy atom. The summed E-state index contributed by atoms with van der Waals surface area (Å²) in [5, 5.41) is 6.31. The van der Waals surface area contributed by atoms with E-state index in [0.717, 1.165) is 0 Å². The number of amides is 2. The average molecular weight is 386 g/mol. The van der Waals surface area contributed by atoms with Gasteiger partial charge in [0.15, 0.2) is 0 Å². The Morgan fingerprint density at radius 2 is 1.88 bits per heavy atom. The lowest BCUT2D eigenvalue weighted by Crippen LogP contribution is -2.56. The largest absolute Gasteiger partial charge is 0.466 e. The first-order valence-electron chi connectivity index (χ1n) is 6.86. The minimum atomic E-state index is -1.74. The van der Waals surface area contributed by atoms with E-state index in [-0.39, 0.29) is 5.02 Å². The molecule has 24 heavy (non-hydrogen) atoms. The second-order valence-corrected chi connectivity index (χ2v) is 6.56. The molecule has 0 saturated carbocycles. The molecule has 2 N–H and O–H groups in total. The number of benzene rings is 2. The van der Waals surface area contributed by atoms with Gasteiger partial charge < -0.3 is 15.4 Å². The van der Waals surface area contributed by atoms with Crippen LogP contribution >= 0.6 is 34.8 Å². The van der Waals surface area contributed by atoms with Crippen LogP contribution < -0.4 is 15.4 Å². The van der Waals surface area contributed by atoms with Gasteiger partial charge in [0.05, 0.1) is 15.7 Å². The molecule has 0 aliphatic carbocycles. The first-order chi connectivity index (χ1) is 11.3. The zero-order valence-corrected chi connectivity index (χ0v) is 14.6. The maximum absolute atomic E-state index is 12.6. The number of rotatable bonds is 2. The van der Waals surface area contributed by atoms with Crippen LogP contribution in [-0.2, 0) is 9.59 Å². The molecule has 1 aliphatic rings. The van der Waals surface area contributed by atoms with Crippen molar-refractivity contribution in [3.05, 3.63) is 51.5 Å². The molecule has 2 aromatic rings. The van der Waals surface area contributed by atoms with E-state index < -0.39 is 17.4 Å². The van der Waals surface area contributed by atoms with E-state index in [1.54, 1.807) is 30.3 Å². The number of hydrogen-bond donors (Lipinski definition) is 2. The van der Waals surface area contributed by atoms with E-state index in [9.17, 15) is 9.59 Å². The molecule has 0 spiro atoms. The van der Waals surface area contributed by atoms with Crippen molar-refractivity contribution in [3.63, 3.8) is 0 Å². The number of carbonyl (C=O) groups excluding carboxylic acids is 2. The summed E-state index contributed by atoms with van der Waals surface area (Å²) in [5.74, 6) is -0.889. The summed E-state index contributed by atoms with van der Waals surface area (Å²) in [5.41, 5.74) is -0.936. The van der Waals surface area contributed by atoms with E-state index in [1.807, 2.05) is 0 Å². The lowest BCUT2D eigenvalue weighted by Gasteiger charge is -2.33. The molecule has 5 nitrogen and oxygen atoms in total. The van der Waals surface area contributed by atoms with Crippen molar-refractivity contribution in [2.75, 3.05) is 10.6 Å².